The molecule has 2 aliphatic rings. The lowest BCUT2D eigenvalue weighted by molar-refractivity contribution is -0.181. The zero-order chi connectivity index (χ0) is 51.1. The van der Waals surface area contributed by atoms with Crippen LogP contribution >= 0.6 is 0 Å². The number of nitrogens with zero attached hydrogens (tertiary/aromatic N) is 4. The minimum Gasteiger partial charge on any atom is -0.367 e. The van der Waals surface area contributed by atoms with Crippen molar-refractivity contribution in [2.24, 2.45) is 5.92 Å². The topological polar surface area (TPSA) is 118 Å². The van der Waals surface area contributed by atoms with Crippen LogP contribution in [0.3, 0.4) is 0 Å². The summed E-state index contributed by atoms with van der Waals surface area (Å²) in [5.74, 6) is -3.81. The van der Waals surface area contributed by atoms with Crippen LogP contribution in [0.4, 0.5) is 22.0 Å². The SMILES string of the molecule is CCCC(Cc1cc(F)cc(F)c1)c1nc2nc(C3CCC(F)(F)CC3)cc(C)c2c(=O)n1-c1ccc(CC)c(C(=N)C(C)S(C)(=O)=O)c1C.CCC[C@H](C)CN1CC(C)(C)OC(C)(C)C1.CF. The normalized spacial score (nSPS) is 18.4. The Morgan fingerprint density at radius 1 is 0.897 bits per heavy atom. The number of hydrogen-bond acceptors (Lipinski definition) is 8. The fourth-order valence-corrected chi connectivity index (χ4v) is 10.9. The van der Waals surface area contributed by atoms with E-state index in [9.17, 15) is 35.2 Å². The third kappa shape index (κ3) is 14.3. The van der Waals surface area contributed by atoms with E-state index in [2.05, 4.69) is 46.4 Å². The third-order valence-electron chi connectivity index (χ3n) is 13.2. The van der Waals surface area contributed by atoms with Crippen LogP contribution in [0.5, 0.6) is 0 Å². The van der Waals surface area contributed by atoms with E-state index in [1.165, 1.54) is 43.0 Å². The maximum Gasteiger partial charge on any atom is 0.267 e. The second kappa shape index (κ2) is 23.2. The molecule has 378 valence electrons. The number of aryl methyl sites for hydroxylation is 2. The van der Waals surface area contributed by atoms with Gasteiger partial charge >= 0.3 is 0 Å². The van der Waals surface area contributed by atoms with Crippen LogP contribution in [0.25, 0.3) is 16.7 Å². The number of rotatable bonds is 15. The molecule has 2 aromatic carbocycles. The molecule has 6 rings (SSSR count). The zero-order valence-electron chi connectivity index (χ0n) is 42.7. The number of benzene rings is 2. The summed E-state index contributed by atoms with van der Waals surface area (Å²) in [6.45, 7) is 25.6. The summed E-state index contributed by atoms with van der Waals surface area (Å²) in [6, 6.07) is 8.61. The van der Waals surface area contributed by atoms with Gasteiger partial charge in [-0.05, 0) is 139 Å². The van der Waals surface area contributed by atoms with E-state index in [4.69, 9.17) is 20.1 Å². The molecule has 1 N–H and O–H groups in total. The number of alkyl halides is 3. The van der Waals surface area contributed by atoms with Gasteiger partial charge in [0, 0.05) is 67.9 Å². The summed E-state index contributed by atoms with van der Waals surface area (Å²) in [5.41, 5.74) is 3.28. The molecule has 2 unspecified atom stereocenters. The summed E-state index contributed by atoms with van der Waals surface area (Å²) < 4.78 is 98.9. The zero-order valence-corrected chi connectivity index (χ0v) is 43.5. The van der Waals surface area contributed by atoms with Crippen molar-refractivity contribution in [3.63, 3.8) is 0 Å². The first-order valence-electron chi connectivity index (χ1n) is 24.2. The summed E-state index contributed by atoms with van der Waals surface area (Å²) in [4.78, 5) is 27.2. The Balaban J connectivity index is 0.000000472. The molecule has 3 atom stereocenters. The summed E-state index contributed by atoms with van der Waals surface area (Å²) in [7, 11) is -3.12. The molecule has 2 aromatic heterocycles. The van der Waals surface area contributed by atoms with Crippen LogP contribution in [-0.2, 0) is 27.4 Å². The van der Waals surface area contributed by atoms with Crippen molar-refractivity contribution in [2.45, 2.75) is 175 Å². The van der Waals surface area contributed by atoms with Crippen LogP contribution in [0, 0.1) is 36.8 Å². The first-order valence-corrected chi connectivity index (χ1v) is 26.1. The minimum absolute atomic E-state index is 0.00627. The number of nitrogens with one attached hydrogen (secondary N) is 1. The monoisotopic (exact) mass is 974 g/mol. The Labute approximate surface area is 402 Å². The second-order valence-corrected chi connectivity index (χ2v) is 22.8. The lowest BCUT2D eigenvalue weighted by Crippen LogP contribution is -2.57. The van der Waals surface area contributed by atoms with E-state index >= 15 is 0 Å². The molecule has 0 spiro atoms. The van der Waals surface area contributed by atoms with Gasteiger partial charge in [0.15, 0.2) is 15.5 Å². The number of pyridine rings is 1. The Bertz CT molecular complexity index is 2520. The summed E-state index contributed by atoms with van der Waals surface area (Å²) >= 11 is 0. The smallest absolute Gasteiger partial charge is 0.267 e. The lowest BCUT2D eigenvalue weighted by Gasteiger charge is -2.47. The third-order valence-corrected chi connectivity index (χ3v) is 14.7. The number of sulfone groups is 1. The second-order valence-electron chi connectivity index (χ2n) is 20.4. The number of fused-ring (bicyclic) bond motifs is 1. The average Bonchev–Trinajstić information content (AvgIpc) is 3.22. The van der Waals surface area contributed by atoms with Crippen molar-refractivity contribution < 1.29 is 35.1 Å². The molecule has 2 fully saturated rings. The molecular weight excluding hydrogens is 898 g/mol. The van der Waals surface area contributed by atoms with Gasteiger partial charge in [0.1, 0.15) is 22.7 Å². The van der Waals surface area contributed by atoms with Crippen molar-refractivity contribution in [3.8, 4) is 5.69 Å². The largest absolute Gasteiger partial charge is 0.367 e. The highest BCUT2D eigenvalue weighted by Crippen LogP contribution is 2.41. The fourth-order valence-electron chi connectivity index (χ4n) is 10.3. The Morgan fingerprint density at radius 2 is 1.47 bits per heavy atom. The molecule has 0 bridgehead atoms. The maximum absolute atomic E-state index is 14.8. The number of aromatic nitrogens is 3. The molecule has 15 heteroatoms. The highest BCUT2D eigenvalue weighted by molar-refractivity contribution is 7.92. The highest BCUT2D eigenvalue weighted by atomic mass is 32.2. The molecule has 1 aliphatic heterocycles. The molecule has 0 amide bonds. The van der Waals surface area contributed by atoms with E-state index in [1.54, 1.807) is 32.0 Å². The van der Waals surface area contributed by atoms with E-state index in [0.29, 0.717) is 65.9 Å². The van der Waals surface area contributed by atoms with Gasteiger partial charge < -0.3 is 10.1 Å². The van der Waals surface area contributed by atoms with Crippen molar-refractivity contribution in [1.82, 2.24) is 19.4 Å². The molecule has 9 nitrogen and oxygen atoms in total. The number of ether oxygens (including phenoxy) is 1. The van der Waals surface area contributed by atoms with Crippen LogP contribution < -0.4 is 5.56 Å². The maximum atomic E-state index is 14.8. The van der Waals surface area contributed by atoms with E-state index in [0.717, 1.165) is 36.9 Å². The van der Waals surface area contributed by atoms with Crippen molar-refractivity contribution in [1.29, 1.82) is 5.41 Å². The molecule has 1 saturated heterocycles. The molecular formula is C53H76F5N5O4S. The van der Waals surface area contributed by atoms with Crippen LogP contribution in [0.2, 0.25) is 0 Å². The van der Waals surface area contributed by atoms with E-state index in [-0.39, 0.29) is 66.0 Å². The Morgan fingerprint density at radius 3 is 2.00 bits per heavy atom. The van der Waals surface area contributed by atoms with Gasteiger partial charge in [0.2, 0.25) is 5.92 Å². The molecule has 0 radical (unpaired) electrons. The van der Waals surface area contributed by atoms with Crippen LogP contribution in [0.1, 0.15) is 165 Å². The predicted molar refractivity (Wildman–Crippen MR) is 266 cm³/mol. The van der Waals surface area contributed by atoms with Gasteiger partial charge in [-0.3, -0.25) is 18.7 Å². The fraction of sp³-hybridized carbons (Fsp3) is 0.623. The van der Waals surface area contributed by atoms with E-state index < -0.39 is 44.1 Å². The van der Waals surface area contributed by atoms with Crippen LogP contribution in [-0.4, -0.2) is 89.0 Å². The van der Waals surface area contributed by atoms with Crippen molar-refractivity contribution in [2.75, 3.05) is 33.1 Å². The molecule has 1 aliphatic carbocycles. The van der Waals surface area contributed by atoms with Gasteiger partial charge in [0.25, 0.3) is 5.56 Å². The van der Waals surface area contributed by atoms with Gasteiger partial charge in [-0.25, -0.2) is 35.9 Å². The molecule has 1 saturated carbocycles. The lowest BCUT2D eigenvalue weighted by atomic mass is 9.84. The minimum atomic E-state index is -3.62. The molecule has 68 heavy (non-hydrogen) atoms. The number of morpholine rings is 1. The van der Waals surface area contributed by atoms with Gasteiger partial charge in [0.05, 0.1) is 35.2 Å². The van der Waals surface area contributed by atoms with Crippen molar-refractivity contribution >= 4 is 26.6 Å². The highest BCUT2D eigenvalue weighted by Gasteiger charge is 2.39. The summed E-state index contributed by atoms with van der Waals surface area (Å²) in [6.07, 6.45) is 5.51. The van der Waals surface area contributed by atoms with Gasteiger partial charge in [-0.1, -0.05) is 46.6 Å². The first kappa shape index (κ1) is 56.5. The number of hydrogen-bond donors (Lipinski definition) is 1. The van der Waals surface area contributed by atoms with Crippen molar-refractivity contribution in [3.05, 3.63) is 97.7 Å². The Kier molecular flexibility index (Phi) is 19.3. The predicted octanol–water partition coefficient (Wildman–Crippen LogP) is 12.4. The summed E-state index contributed by atoms with van der Waals surface area (Å²) in [5, 5.41) is 8.12. The number of halogens is 5. The average molecular weight is 974 g/mol. The van der Waals surface area contributed by atoms with Gasteiger partial charge in [-0.2, -0.15) is 0 Å². The van der Waals surface area contributed by atoms with Gasteiger partial charge in [-0.15, -0.1) is 0 Å². The Hall–Kier alpha value is -4.08. The van der Waals surface area contributed by atoms with E-state index in [1.807, 2.05) is 13.8 Å². The standard InChI is InChI=1S/C38H44F4N4O3S.C14H29NO.CH3F/c1-7-9-27(17-24-18-28(39)20-29(40)19-24)36-45-35-32(21(3)16-30(44-35)26-12-14-38(41,42)15-13-26)37(47)46(36)31-11-10-25(8-2)33(22(31)4)34(43)23(5)50(6,48)49;1-7-8-12(2)9-15-10-13(3,4)16-14(5,6)11-15;1-2/h10-11,16,18-20,23,26-27,43H,7-9,12-15,17H2,1-6H3;12H,7-11H2,1-6H3;1H3/t;12-;/m.0./s1. The molecule has 4 aromatic rings. The molecule has 3 heterocycles. The first-order chi connectivity index (χ1) is 31.7. The van der Waals surface area contributed by atoms with Crippen LogP contribution in [0.15, 0.2) is 41.2 Å². The quantitative estimate of drug-likeness (QED) is 0.0931.